The molecule has 0 saturated heterocycles. The molecular weight excluding hydrogens is 438 g/mol. The number of aromatic nitrogens is 1. The number of rotatable bonds is 3. The number of hydrogen-bond donors (Lipinski definition) is 1. The highest BCUT2D eigenvalue weighted by atomic mass is 16.6. The van der Waals surface area contributed by atoms with E-state index in [1.54, 1.807) is 14.1 Å². The van der Waals surface area contributed by atoms with Gasteiger partial charge in [-0.15, -0.1) is 0 Å². The minimum absolute atomic E-state index is 0. The zero-order chi connectivity index (χ0) is 25.8. The zero-order valence-corrected chi connectivity index (χ0v) is 22.8. The summed E-state index contributed by atoms with van der Waals surface area (Å²) in [4.78, 5) is 31.4. The monoisotopic (exact) mass is 485 g/mol. The van der Waals surface area contributed by atoms with Gasteiger partial charge in [0, 0.05) is 44.6 Å². The smallest absolute Gasteiger partial charge is 0.409 e. The first-order chi connectivity index (χ1) is 16.5. The van der Waals surface area contributed by atoms with Crippen molar-refractivity contribution in [3.05, 3.63) is 35.5 Å². The van der Waals surface area contributed by atoms with Crippen molar-refractivity contribution >= 4 is 22.9 Å². The second-order valence-corrected chi connectivity index (χ2v) is 11.7. The van der Waals surface area contributed by atoms with Crippen LogP contribution in [0.25, 0.3) is 10.9 Å². The Labute approximate surface area is 212 Å². The average Bonchev–Trinajstić information content (AvgIpc) is 3.18. The Kier molecular flexibility index (Phi) is 8.89. The number of hydrogen-bond acceptors (Lipinski definition) is 3. The van der Waals surface area contributed by atoms with Gasteiger partial charge in [0.05, 0.1) is 6.04 Å². The van der Waals surface area contributed by atoms with Gasteiger partial charge >= 0.3 is 6.09 Å². The Bertz CT molecular complexity index is 1000. The molecule has 1 fully saturated rings. The van der Waals surface area contributed by atoms with Gasteiger partial charge < -0.3 is 19.5 Å². The number of aromatic amines is 1. The molecule has 1 aromatic carbocycles. The lowest BCUT2D eigenvalue weighted by atomic mass is 9.85. The van der Waals surface area contributed by atoms with Crippen LogP contribution in [0.1, 0.15) is 91.9 Å². The third kappa shape index (κ3) is 7.02. The molecule has 2 heterocycles. The summed E-state index contributed by atoms with van der Waals surface area (Å²) in [5.41, 5.74) is 3.56. The van der Waals surface area contributed by atoms with Gasteiger partial charge in [-0.25, -0.2) is 4.79 Å². The van der Waals surface area contributed by atoms with Crippen LogP contribution in [-0.2, 0) is 16.0 Å². The molecule has 1 aliphatic heterocycles. The van der Waals surface area contributed by atoms with E-state index in [1.807, 2.05) is 20.8 Å². The van der Waals surface area contributed by atoms with Crippen LogP contribution in [0.4, 0.5) is 4.79 Å². The number of fused-ring (bicyclic) bond motifs is 3. The van der Waals surface area contributed by atoms with Gasteiger partial charge in [0.25, 0.3) is 0 Å². The van der Waals surface area contributed by atoms with Crippen molar-refractivity contribution in [2.24, 2.45) is 11.8 Å². The number of para-hydroxylation sites is 1. The van der Waals surface area contributed by atoms with Gasteiger partial charge in [0.1, 0.15) is 5.60 Å². The predicted molar refractivity (Wildman–Crippen MR) is 145 cm³/mol. The third-order valence-corrected chi connectivity index (χ3v) is 6.85. The van der Waals surface area contributed by atoms with E-state index in [-0.39, 0.29) is 25.1 Å². The van der Waals surface area contributed by atoms with E-state index in [9.17, 15) is 9.59 Å². The molecule has 0 spiro atoms. The molecule has 6 heteroatoms. The average molecular weight is 486 g/mol. The van der Waals surface area contributed by atoms with Gasteiger partial charge in [0.15, 0.2) is 0 Å². The SMILES string of the molecule is CC(C)CC1c2[nH]c3ccccc3c2CCN1C(=O)C1CCCCC1.CN(C)C(=O)OC(C)(C)C.[HH]. The van der Waals surface area contributed by atoms with Crippen LogP contribution >= 0.6 is 0 Å². The molecule has 1 aromatic heterocycles. The number of nitrogens with zero attached hydrogens (tertiary/aromatic N) is 2. The first-order valence-corrected chi connectivity index (χ1v) is 13.3. The van der Waals surface area contributed by atoms with Crippen molar-refractivity contribution in [3.63, 3.8) is 0 Å². The van der Waals surface area contributed by atoms with Gasteiger partial charge in [0.2, 0.25) is 5.91 Å². The van der Waals surface area contributed by atoms with Crippen LogP contribution in [0, 0.1) is 11.8 Å². The summed E-state index contributed by atoms with van der Waals surface area (Å²) in [7, 11) is 3.32. The minimum atomic E-state index is -0.388. The summed E-state index contributed by atoms with van der Waals surface area (Å²) in [6, 6.07) is 8.80. The first kappa shape index (κ1) is 27.1. The highest BCUT2D eigenvalue weighted by Crippen LogP contribution is 2.39. The van der Waals surface area contributed by atoms with Crippen LogP contribution in [0.15, 0.2) is 24.3 Å². The van der Waals surface area contributed by atoms with E-state index in [4.69, 9.17) is 4.74 Å². The minimum Gasteiger partial charge on any atom is -0.444 e. The van der Waals surface area contributed by atoms with E-state index in [0.29, 0.717) is 11.8 Å². The van der Waals surface area contributed by atoms with E-state index >= 15 is 0 Å². The molecule has 196 valence electrons. The number of nitrogens with one attached hydrogen (secondary N) is 1. The number of H-pyrrole nitrogens is 1. The molecule has 0 radical (unpaired) electrons. The molecule has 2 aliphatic rings. The number of carbonyl (C=O) groups is 2. The Morgan fingerprint density at radius 3 is 2.37 bits per heavy atom. The lowest BCUT2D eigenvalue weighted by Gasteiger charge is -2.39. The summed E-state index contributed by atoms with van der Waals surface area (Å²) in [6.45, 7) is 10.9. The van der Waals surface area contributed by atoms with E-state index in [2.05, 4.69) is 48.0 Å². The predicted octanol–water partition coefficient (Wildman–Crippen LogP) is 6.95. The molecule has 4 rings (SSSR count). The van der Waals surface area contributed by atoms with E-state index in [1.165, 1.54) is 46.3 Å². The second kappa shape index (κ2) is 11.5. The molecule has 1 aliphatic carbocycles. The summed E-state index contributed by atoms with van der Waals surface area (Å²) >= 11 is 0. The molecule has 6 nitrogen and oxygen atoms in total. The van der Waals surface area contributed by atoms with Crippen molar-refractivity contribution in [2.75, 3.05) is 20.6 Å². The highest BCUT2D eigenvalue weighted by molar-refractivity contribution is 5.86. The fraction of sp³-hybridized carbons (Fsp3) is 0.655. The van der Waals surface area contributed by atoms with Crippen molar-refractivity contribution in [3.8, 4) is 0 Å². The molecule has 2 amide bonds. The molecule has 1 atom stereocenters. The molecule has 2 aromatic rings. The van der Waals surface area contributed by atoms with Crippen LogP contribution in [0.2, 0.25) is 0 Å². The topological polar surface area (TPSA) is 65.6 Å². The quantitative estimate of drug-likeness (QED) is 0.511. The van der Waals surface area contributed by atoms with E-state index in [0.717, 1.165) is 32.2 Å². The van der Waals surface area contributed by atoms with Gasteiger partial charge in [-0.05, 0) is 64.0 Å². The molecule has 1 unspecified atom stereocenters. The normalized spacial score (nSPS) is 18.6. The van der Waals surface area contributed by atoms with Crippen molar-refractivity contribution in [1.29, 1.82) is 0 Å². The summed E-state index contributed by atoms with van der Waals surface area (Å²) in [5.74, 6) is 1.24. The van der Waals surface area contributed by atoms with Gasteiger partial charge in [-0.2, -0.15) is 0 Å². The summed E-state index contributed by atoms with van der Waals surface area (Å²) in [6.07, 6.45) is 7.63. The molecule has 0 bridgehead atoms. The third-order valence-electron chi connectivity index (χ3n) is 6.85. The maximum absolute atomic E-state index is 13.3. The van der Waals surface area contributed by atoms with Crippen LogP contribution in [0.3, 0.4) is 0 Å². The van der Waals surface area contributed by atoms with Gasteiger partial charge in [-0.1, -0.05) is 51.3 Å². The molecule has 1 saturated carbocycles. The van der Waals surface area contributed by atoms with Crippen molar-refractivity contribution in [2.45, 2.75) is 91.2 Å². The number of amides is 2. The van der Waals surface area contributed by atoms with Crippen LogP contribution in [0.5, 0.6) is 0 Å². The molecule has 1 N–H and O–H groups in total. The van der Waals surface area contributed by atoms with Crippen molar-refractivity contribution < 1.29 is 15.8 Å². The summed E-state index contributed by atoms with van der Waals surface area (Å²) < 4.78 is 4.99. The van der Waals surface area contributed by atoms with Gasteiger partial charge in [-0.3, -0.25) is 4.79 Å². The first-order valence-electron chi connectivity index (χ1n) is 13.3. The van der Waals surface area contributed by atoms with Crippen LogP contribution in [-0.4, -0.2) is 53.0 Å². The largest absolute Gasteiger partial charge is 0.444 e. The lowest BCUT2D eigenvalue weighted by Crippen LogP contribution is -2.44. The fourth-order valence-corrected chi connectivity index (χ4v) is 5.21. The lowest BCUT2D eigenvalue weighted by molar-refractivity contribution is -0.140. The Balaban J connectivity index is 0.000000357. The number of ether oxygens (including phenoxy) is 1. The summed E-state index contributed by atoms with van der Waals surface area (Å²) in [5, 5.41) is 1.34. The second-order valence-electron chi connectivity index (χ2n) is 11.7. The maximum atomic E-state index is 13.3. The maximum Gasteiger partial charge on any atom is 0.409 e. The molecular formula is C29H47N3O3. The molecule has 35 heavy (non-hydrogen) atoms. The Morgan fingerprint density at radius 1 is 1.14 bits per heavy atom. The van der Waals surface area contributed by atoms with Crippen LogP contribution < -0.4 is 0 Å². The highest BCUT2D eigenvalue weighted by Gasteiger charge is 2.36. The Morgan fingerprint density at radius 2 is 1.80 bits per heavy atom. The van der Waals surface area contributed by atoms with Crippen molar-refractivity contribution in [1.82, 2.24) is 14.8 Å². The standard InChI is InChI=1S/C22H30N2O.C7H15NO2.H2/c1-15(2)14-20-21-18(17-10-6-7-11-19(17)23-21)12-13-24(20)22(25)16-8-4-3-5-9-16;1-7(2,3)10-6(9)8(4)5;/h6-7,10-11,15-16,20,23H,3-5,8-9,12-14H2,1-2H3;1-5H3;1H. The number of carbonyl (C=O) groups excluding carboxylic acids is 2. The fourth-order valence-electron chi connectivity index (χ4n) is 5.21. The Hall–Kier alpha value is -2.50. The van der Waals surface area contributed by atoms with E-state index < -0.39 is 0 Å². The number of benzene rings is 1. The zero-order valence-electron chi connectivity index (χ0n) is 22.8.